The van der Waals surface area contributed by atoms with Crippen molar-refractivity contribution in [3.8, 4) is 40.6 Å². The van der Waals surface area contributed by atoms with Gasteiger partial charge in [-0.1, -0.05) is 55.9 Å². The molecule has 4 aromatic rings. The Kier molecular flexibility index (Phi) is 25.0. The molecule has 0 radical (unpaired) electrons. The number of carbonyl (C=O) groups excluding carboxylic acids is 2. The highest BCUT2D eigenvalue weighted by Crippen LogP contribution is 2.22. The van der Waals surface area contributed by atoms with Crippen molar-refractivity contribution in [1.82, 2.24) is 0 Å². The molecule has 0 bridgehead atoms. The Labute approximate surface area is 377 Å². The van der Waals surface area contributed by atoms with Crippen molar-refractivity contribution in [3.05, 3.63) is 139 Å². The minimum atomic E-state index is -0.580. The van der Waals surface area contributed by atoms with E-state index in [9.17, 15) is 14.0 Å². The largest absolute Gasteiger partial charge is 0.494 e. The summed E-state index contributed by atoms with van der Waals surface area (Å²) in [5.74, 6) is 7.48. The molecule has 0 aliphatic carbocycles. The monoisotopic (exact) mass is 880 g/mol. The van der Waals surface area contributed by atoms with Gasteiger partial charge in [-0.15, -0.1) is 6.58 Å². The molecule has 0 aromatic heterocycles. The first-order valence-corrected chi connectivity index (χ1v) is 22.1. The third-order valence-electron chi connectivity index (χ3n) is 9.41. The van der Waals surface area contributed by atoms with E-state index in [1.807, 2.05) is 48.5 Å². The van der Waals surface area contributed by atoms with Crippen LogP contribution in [0.3, 0.4) is 0 Å². The molecule has 11 nitrogen and oxygen atoms in total. The Morgan fingerprint density at radius 1 is 0.547 bits per heavy atom. The van der Waals surface area contributed by atoms with E-state index in [0.717, 1.165) is 105 Å². The van der Waals surface area contributed by atoms with Crippen LogP contribution in [0.2, 0.25) is 0 Å². The lowest BCUT2D eigenvalue weighted by atomic mass is 10.1. The first-order valence-electron chi connectivity index (χ1n) is 22.1. The molecular formula is C52H61FO11. The van der Waals surface area contributed by atoms with Gasteiger partial charge in [0.1, 0.15) is 36.2 Å². The Balaban J connectivity index is 1.00. The molecule has 0 heterocycles. The van der Waals surface area contributed by atoms with Crippen LogP contribution >= 0.6 is 0 Å². The minimum absolute atomic E-state index is 0.0295. The maximum atomic E-state index is 14.8. The summed E-state index contributed by atoms with van der Waals surface area (Å²) in [7, 11) is 0. The van der Waals surface area contributed by atoms with Crippen molar-refractivity contribution >= 4 is 11.9 Å². The van der Waals surface area contributed by atoms with Gasteiger partial charge in [-0.3, -0.25) is 4.79 Å². The molecule has 0 saturated heterocycles. The van der Waals surface area contributed by atoms with Crippen molar-refractivity contribution in [3.63, 3.8) is 0 Å². The number of hydrogen-bond donors (Lipinski definition) is 0. The molecule has 0 atom stereocenters. The van der Waals surface area contributed by atoms with Crippen LogP contribution in [0.5, 0.6) is 28.7 Å². The number of esters is 2. The molecule has 12 heteroatoms. The number of ether oxygens (including phenoxy) is 5. The summed E-state index contributed by atoms with van der Waals surface area (Å²) >= 11 is 0. The first kappa shape index (κ1) is 50.5. The molecule has 4 rings (SSSR count). The zero-order chi connectivity index (χ0) is 45.3. The maximum Gasteiger partial charge on any atom is 0.330 e. The number of carbonyl (C=O) groups is 2. The molecule has 0 unspecified atom stereocenters. The van der Waals surface area contributed by atoms with Gasteiger partial charge in [0.2, 0.25) is 5.75 Å². The van der Waals surface area contributed by atoms with E-state index in [4.69, 9.17) is 43.2 Å². The zero-order valence-corrected chi connectivity index (χ0v) is 36.7. The topological polar surface area (TPSA) is 117 Å². The molecule has 64 heavy (non-hydrogen) atoms. The SMILES string of the molecule is C=CCOOCCCCCCOc1ccc(COOc2ccc(C#Cc3ccc(OCCCCCCC(=O)Oc4ccc(OCCCCCCOC(=O)C=C)cc4)cc3)cc2F)cc1. The van der Waals surface area contributed by atoms with Gasteiger partial charge in [0.15, 0.2) is 5.82 Å². The third kappa shape index (κ3) is 22.3. The molecule has 0 N–H and O–H groups in total. The van der Waals surface area contributed by atoms with E-state index in [1.165, 1.54) is 18.2 Å². The lowest BCUT2D eigenvalue weighted by Crippen LogP contribution is -2.07. The van der Waals surface area contributed by atoms with Gasteiger partial charge >= 0.3 is 11.9 Å². The second-order valence-electron chi connectivity index (χ2n) is 14.7. The summed E-state index contributed by atoms with van der Waals surface area (Å²) in [5.41, 5.74) is 2.12. The van der Waals surface area contributed by atoms with Crippen LogP contribution in [0.1, 0.15) is 100 Å². The summed E-state index contributed by atoms with van der Waals surface area (Å²) in [4.78, 5) is 43.8. The second-order valence-corrected chi connectivity index (χ2v) is 14.7. The standard InChI is InChI=1S/C52H61FO11/c1-3-34-60-61-39-16-10-9-14-36-57-46-27-22-44(23-28-46)41-62-64-50-33-24-43(40-49(50)53)19-18-42-20-25-45(26-21-42)56-35-12-6-5-11-17-52(55)63-48-31-29-47(30-32-48)58-37-13-7-8-15-38-59-51(54)4-2/h3-4,20-33,40H,1-2,5-17,34-39,41H2. The Bertz CT molecular complexity index is 2000. The van der Waals surface area contributed by atoms with Crippen LogP contribution in [0.15, 0.2) is 116 Å². The summed E-state index contributed by atoms with van der Waals surface area (Å²) in [6.07, 6.45) is 14.1. The average molecular weight is 881 g/mol. The highest BCUT2D eigenvalue weighted by atomic mass is 19.1. The molecule has 4 aromatic carbocycles. The van der Waals surface area contributed by atoms with E-state index in [0.29, 0.717) is 57.4 Å². The molecule has 0 fully saturated rings. The van der Waals surface area contributed by atoms with E-state index >= 15 is 0 Å². The van der Waals surface area contributed by atoms with Crippen LogP contribution in [0, 0.1) is 17.7 Å². The highest BCUT2D eigenvalue weighted by Gasteiger charge is 2.08. The van der Waals surface area contributed by atoms with E-state index in [-0.39, 0.29) is 18.3 Å². The second kappa shape index (κ2) is 31.7. The molecule has 342 valence electrons. The first-order chi connectivity index (χ1) is 31.4. The van der Waals surface area contributed by atoms with Crippen LogP contribution in [-0.4, -0.2) is 51.6 Å². The molecule has 0 saturated carbocycles. The van der Waals surface area contributed by atoms with Crippen LogP contribution in [-0.2, 0) is 35.6 Å². The minimum Gasteiger partial charge on any atom is -0.494 e. The van der Waals surface area contributed by atoms with Gasteiger partial charge in [-0.2, -0.15) is 4.89 Å². The molecule has 0 aliphatic heterocycles. The number of rotatable bonds is 33. The lowest BCUT2D eigenvalue weighted by Gasteiger charge is -2.08. The average Bonchev–Trinajstić information content (AvgIpc) is 3.31. The lowest BCUT2D eigenvalue weighted by molar-refractivity contribution is -0.286. The zero-order valence-electron chi connectivity index (χ0n) is 36.7. The Morgan fingerprint density at radius 2 is 1.06 bits per heavy atom. The van der Waals surface area contributed by atoms with Crippen molar-refractivity contribution in [1.29, 1.82) is 0 Å². The molecule has 0 amide bonds. The summed E-state index contributed by atoms with van der Waals surface area (Å²) in [6.45, 7) is 10.2. The maximum absolute atomic E-state index is 14.8. The molecule has 0 aliphatic rings. The van der Waals surface area contributed by atoms with Crippen molar-refractivity contribution < 1.29 is 57.2 Å². The summed E-state index contributed by atoms with van der Waals surface area (Å²) in [6, 6.07) is 26.4. The fourth-order valence-electron chi connectivity index (χ4n) is 5.91. The van der Waals surface area contributed by atoms with Crippen LogP contribution in [0.4, 0.5) is 4.39 Å². The van der Waals surface area contributed by atoms with E-state index < -0.39 is 11.8 Å². The van der Waals surface area contributed by atoms with Gasteiger partial charge in [-0.25, -0.2) is 19.0 Å². The molecular weight excluding hydrogens is 820 g/mol. The van der Waals surface area contributed by atoms with Crippen LogP contribution in [0.25, 0.3) is 0 Å². The van der Waals surface area contributed by atoms with Gasteiger partial charge in [0.05, 0.1) is 33.0 Å². The van der Waals surface area contributed by atoms with Crippen molar-refractivity contribution in [2.24, 2.45) is 0 Å². The smallest absolute Gasteiger partial charge is 0.330 e. The van der Waals surface area contributed by atoms with Gasteiger partial charge in [-0.05, 0) is 142 Å². The fourth-order valence-corrected chi connectivity index (χ4v) is 5.91. The molecule has 0 spiro atoms. The number of unbranched alkanes of at least 4 members (excludes halogenated alkanes) is 9. The summed E-state index contributed by atoms with van der Waals surface area (Å²) in [5, 5.41) is 0. The number of halogens is 1. The van der Waals surface area contributed by atoms with E-state index in [1.54, 1.807) is 36.4 Å². The Hall–Kier alpha value is -6.13. The number of hydrogen-bond acceptors (Lipinski definition) is 11. The predicted octanol–water partition coefficient (Wildman–Crippen LogP) is 11.4. The van der Waals surface area contributed by atoms with E-state index in [2.05, 4.69) is 25.0 Å². The predicted molar refractivity (Wildman–Crippen MR) is 243 cm³/mol. The van der Waals surface area contributed by atoms with Crippen molar-refractivity contribution in [2.75, 3.05) is 39.6 Å². The highest BCUT2D eigenvalue weighted by molar-refractivity contribution is 5.81. The fraction of sp³-hybridized carbons (Fsp3) is 0.385. The summed E-state index contributed by atoms with van der Waals surface area (Å²) < 4.78 is 42.6. The van der Waals surface area contributed by atoms with Gasteiger partial charge in [0.25, 0.3) is 0 Å². The number of benzene rings is 4. The third-order valence-corrected chi connectivity index (χ3v) is 9.41. The Morgan fingerprint density at radius 3 is 1.66 bits per heavy atom. The van der Waals surface area contributed by atoms with Crippen molar-refractivity contribution in [2.45, 2.75) is 90.1 Å². The normalized spacial score (nSPS) is 10.6. The van der Waals surface area contributed by atoms with Gasteiger partial charge in [0, 0.05) is 23.6 Å². The quantitative estimate of drug-likeness (QED) is 0.00665. The van der Waals surface area contributed by atoms with Crippen LogP contribution < -0.4 is 23.8 Å². The van der Waals surface area contributed by atoms with Gasteiger partial charge < -0.3 is 28.6 Å².